The summed E-state index contributed by atoms with van der Waals surface area (Å²) in [5, 5.41) is 13.9. The van der Waals surface area contributed by atoms with Crippen LogP contribution in [0, 0.1) is 22.9 Å². The van der Waals surface area contributed by atoms with Crippen LogP contribution >= 0.6 is 0 Å². The summed E-state index contributed by atoms with van der Waals surface area (Å²) in [6.07, 6.45) is 0. The minimum absolute atomic E-state index is 0.0103. The molecule has 0 aliphatic carbocycles. The van der Waals surface area contributed by atoms with Gasteiger partial charge in [0.2, 0.25) is 0 Å². The number of hydrogen-bond acceptors (Lipinski definition) is 5. The number of ketones is 1. The van der Waals surface area contributed by atoms with E-state index in [2.05, 4.69) is 5.32 Å². The van der Waals surface area contributed by atoms with Crippen molar-refractivity contribution in [1.82, 2.24) is 0 Å². The van der Waals surface area contributed by atoms with Crippen molar-refractivity contribution in [3.05, 3.63) is 98.8 Å². The molecule has 0 spiro atoms. The summed E-state index contributed by atoms with van der Waals surface area (Å²) >= 11 is 0. The molecule has 1 amide bonds. The molecular formula is C23H20FN3O4. The van der Waals surface area contributed by atoms with Crippen molar-refractivity contribution in [2.75, 3.05) is 24.3 Å². The molecule has 0 aliphatic heterocycles. The number of nitrogens with one attached hydrogen (secondary N) is 1. The van der Waals surface area contributed by atoms with Gasteiger partial charge in [-0.3, -0.25) is 19.7 Å². The van der Waals surface area contributed by atoms with Crippen LogP contribution in [0.5, 0.6) is 0 Å². The number of amides is 1. The second kappa shape index (κ2) is 8.74. The zero-order chi connectivity index (χ0) is 22.7. The van der Waals surface area contributed by atoms with E-state index in [-0.39, 0.29) is 28.1 Å². The van der Waals surface area contributed by atoms with Crippen molar-refractivity contribution >= 4 is 28.8 Å². The van der Waals surface area contributed by atoms with Crippen molar-refractivity contribution in [2.24, 2.45) is 0 Å². The molecule has 0 aliphatic rings. The summed E-state index contributed by atoms with van der Waals surface area (Å²) < 4.78 is 14.1. The lowest BCUT2D eigenvalue weighted by molar-refractivity contribution is -0.384. The van der Waals surface area contributed by atoms with Crippen LogP contribution in [0.3, 0.4) is 0 Å². The van der Waals surface area contributed by atoms with E-state index in [0.717, 1.165) is 0 Å². The summed E-state index contributed by atoms with van der Waals surface area (Å²) in [4.78, 5) is 38.3. The highest BCUT2D eigenvalue weighted by Crippen LogP contribution is 2.29. The minimum Gasteiger partial charge on any atom is -0.372 e. The molecule has 3 rings (SSSR count). The first kappa shape index (κ1) is 21.6. The molecule has 3 aromatic carbocycles. The number of nitro groups is 1. The zero-order valence-corrected chi connectivity index (χ0v) is 17.2. The second-order valence-electron chi connectivity index (χ2n) is 7.17. The number of hydrogen-bond donors (Lipinski definition) is 1. The predicted octanol–water partition coefficient (Wildman–Crippen LogP) is 4.59. The third-order valence-electron chi connectivity index (χ3n) is 4.71. The lowest BCUT2D eigenvalue weighted by atomic mass is 9.97. The number of aryl methyl sites for hydroxylation is 1. The number of carbonyl (C=O) groups is 2. The minimum atomic E-state index is -0.661. The van der Waals surface area contributed by atoms with Crippen LogP contribution < -0.4 is 10.2 Å². The van der Waals surface area contributed by atoms with E-state index >= 15 is 0 Å². The fraction of sp³-hybridized carbons (Fsp3) is 0.130. The Morgan fingerprint density at radius 3 is 2.29 bits per heavy atom. The van der Waals surface area contributed by atoms with Gasteiger partial charge < -0.3 is 10.2 Å². The number of carbonyl (C=O) groups excluding carboxylic acids is 2. The van der Waals surface area contributed by atoms with Gasteiger partial charge in [-0.25, -0.2) is 4.39 Å². The van der Waals surface area contributed by atoms with E-state index in [0.29, 0.717) is 11.3 Å². The number of nitro benzene ring substituents is 1. The fourth-order valence-corrected chi connectivity index (χ4v) is 3.13. The van der Waals surface area contributed by atoms with Crippen LogP contribution in [0.2, 0.25) is 0 Å². The molecule has 1 N–H and O–H groups in total. The Morgan fingerprint density at radius 2 is 1.68 bits per heavy atom. The first-order valence-electron chi connectivity index (χ1n) is 9.36. The topological polar surface area (TPSA) is 92.6 Å². The number of rotatable bonds is 6. The van der Waals surface area contributed by atoms with Crippen LogP contribution in [0.25, 0.3) is 0 Å². The maximum atomic E-state index is 14.1. The lowest BCUT2D eigenvalue weighted by Gasteiger charge is -2.14. The van der Waals surface area contributed by atoms with Gasteiger partial charge in [-0.15, -0.1) is 0 Å². The molecule has 0 radical (unpaired) electrons. The van der Waals surface area contributed by atoms with Gasteiger partial charge in [0.25, 0.3) is 11.6 Å². The van der Waals surface area contributed by atoms with Gasteiger partial charge in [-0.05, 0) is 42.8 Å². The molecule has 158 valence electrons. The molecule has 3 aromatic rings. The van der Waals surface area contributed by atoms with Crippen LogP contribution in [0.15, 0.2) is 60.7 Å². The van der Waals surface area contributed by atoms with Gasteiger partial charge in [0.15, 0.2) is 5.78 Å². The van der Waals surface area contributed by atoms with E-state index in [4.69, 9.17) is 0 Å². The van der Waals surface area contributed by atoms with Gasteiger partial charge in [-0.2, -0.15) is 0 Å². The van der Waals surface area contributed by atoms with E-state index in [1.54, 1.807) is 44.1 Å². The maximum Gasteiger partial charge on any atom is 0.293 e. The van der Waals surface area contributed by atoms with Gasteiger partial charge in [0, 0.05) is 31.3 Å². The Labute approximate surface area is 178 Å². The lowest BCUT2D eigenvalue weighted by Crippen LogP contribution is -2.18. The highest BCUT2D eigenvalue weighted by molar-refractivity contribution is 6.18. The van der Waals surface area contributed by atoms with Crippen molar-refractivity contribution in [2.45, 2.75) is 6.92 Å². The average Bonchev–Trinajstić information content (AvgIpc) is 2.74. The summed E-state index contributed by atoms with van der Waals surface area (Å²) in [6, 6.07) is 14.6. The highest BCUT2D eigenvalue weighted by Gasteiger charge is 2.23. The van der Waals surface area contributed by atoms with Crippen LogP contribution in [0.4, 0.5) is 21.5 Å². The summed E-state index contributed by atoms with van der Waals surface area (Å²) in [7, 11) is 3.32. The average molecular weight is 421 g/mol. The molecule has 0 atom stereocenters. The van der Waals surface area contributed by atoms with Gasteiger partial charge in [-0.1, -0.05) is 24.3 Å². The summed E-state index contributed by atoms with van der Waals surface area (Å²) in [5.41, 5.74) is 0.977. The third-order valence-corrected chi connectivity index (χ3v) is 4.71. The molecular weight excluding hydrogens is 401 g/mol. The molecule has 7 nitrogen and oxygen atoms in total. The Morgan fingerprint density at radius 1 is 1.00 bits per heavy atom. The summed E-state index contributed by atoms with van der Waals surface area (Å²) in [6.45, 7) is 1.73. The zero-order valence-electron chi connectivity index (χ0n) is 17.2. The second-order valence-corrected chi connectivity index (χ2v) is 7.17. The summed E-state index contributed by atoms with van der Waals surface area (Å²) in [5.74, 6) is -1.80. The van der Waals surface area contributed by atoms with E-state index in [1.165, 1.54) is 42.5 Å². The quantitative estimate of drug-likeness (QED) is 0.357. The Bertz CT molecular complexity index is 1190. The highest BCUT2D eigenvalue weighted by atomic mass is 19.1. The Hall–Kier alpha value is -4.07. The number of anilines is 2. The molecule has 0 bridgehead atoms. The van der Waals surface area contributed by atoms with E-state index < -0.39 is 22.4 Å². The molecule has 8 heteroatoms. The van der Waals surface area contributed by atoms with Crippen LogP contribution in [0.1, 0.15) is 31.8 Å². The van der Waals surface area contributed by atoms with Gasteiger partial charge in [0.05, 0.1) is 16.2 Å². The largest absolute Gasteiger partial charge is 0.372 e. The van der Waals surface area contributed by atoms with Gasteiger partial charge in [0.1, 0.15) is 11.5 Å². The van der Waals surface area contributed by atoms with Crippen molar-refractivity contribution in [3.63, 3.8) is 0 Å². The van der Waals surface area contributed by atoms with Crippen molar-refractivity contribution < 1.29 is 18.9 Å². The van der Waals surface area contributed by atoms with Crippen LogP contribution in [-0.4, -0.2) is 30.7 Å². The van der Waals surface area contributed by atoms with Crippen molar-refractivity contribution in [3.8, 4) is 0 Å². The van der Waals surface area contributed by atoms with Crippen molar-refractivity contribution in [1.29, 1.82) is 0 Å². The third kappa shape index (κ3) is 4.58. The van der Waals surface area contributed by atoms with E-state index in [9.17, 15) is 24.1 Å². The number of nitrogens with zero attached hydrogens (tertiary/aromatic N) is 2. The maximum absolute atomic E-state index is 14.1. The molecule has 0 saturated carbocycles. The van der Waals surface area contributed by atoms with Gasteiger partial charge >= 0.3 is 0 Å². The first-order chi connectivity index (χ1) is 14.7. The molecule has 31 heavy (non-hydrogen) atoms. The molecule has 0 heterocycles. The molecule has 0 unspecified atom stereocenters. The number of benzene rings is 3. The van der Waals surface area contributed by atoms with E-state index in [1.807, 2.05) is 0 Å². The molecule has 0 saturated heterocycles. The molecule has 0 aromatic heterocycles. The standard InChI is InChI=1S/C23H20FN3O4/c1-14-8-10-19(18(24)12-14)25-23(29)17-7-5-4-6-16(17)22(28)15-9-11-20(26(2)3)21(13-15)27(30)31/h4-13H,1-3H3,(H,25,29). The number of halogens is 1. The van der Waals surface area contributed by atoms with Crippen LogP contribution in [-0.2, 0) is 0 Å². The smallest absolute Gasteiger partial charge is 0.293 e. The monoisotopic (exact) mass is 421 g/mol. The predicted molar refractivity (Wildman–Crippen MR) is 116 cm³/mol. The molecule has 0 fully saturated rings. The normalized spacial score (nSPS) is 10.5. The Kier molecular flexibility index (Phi) is 6.10. The fourth-order valence-electron chi connectivity index (χ4n) is 3.13. The Balaban J connectivity index is 1.98. The SMILES string of the molecule is Cc1ccc(NC(=O)c2ccccc2C(=O)c2ccc(N(C)C)c([N+](=O)[O-])c2)c(F)c1. The first-order valence-corrected chi connectivity index (χ1v) is 9.36.